The summed E-state index contributed by atoms with van der Waals surface area (Å²) in [6.07, 6.45) is 0.860. The lowest BCUT2D eigenvalue weighted by atomic mass is 10.2. The highest BCUT2D eigenvalue weighted by Gasteiger charge is 2.02. The van der Waals surface area contributed by atoms with Gasteiger partial charge in [0.25, 0.3) is 0 Å². The minimum atomic E-state index is 0.642. The summed E-state index contributed by atoms with van der Waals surface area (Å²) in [5.74, 6) is 0.642. The van der Waals surface area contributed by atoms with E-state index in [0.717, 1.165) is 29.0 Å². The molecule has 2 nitrogen and oxygen atoms in total. The normalized spacial score (nSPS) is 9.39. The quantitative estimate of drug-likeness (QED) is 0.709. The van der Waals surface area contributed by atoms with E-state index in [1.54, 1.807) is 0 Å². The Bertz CT molecular complexity index is 469. The fourth-order valence-electron chi connectivity index (χ4n) is 1.41. The summed E-state index contributed by atoms with van der Waals surface area (Å²) in [4.78, 5) is 0. The van der Waals surface area contributed by atoms with Gasteiger partial charge in [0, 0.05) is 11.4 Å². The zero-order valence-corrected chi connectivity index (χ0v) is 10.9. The van der Waals surface area contributed by atoms with Gasteiger partial charge in [0.2, 0.25) is 0 Å². The maximum atomic E-state index is 3.97. The van der Waals surface area contributed by atoms with Crippen molar-refractivity contribution in [1.82, 2.24) is 10.6 Å². The predicted molar refractivity (Wildman–Crippen MR) is 79.5 cm³/mol. The third-order valence-electron chi connectivity index (χ3n) is 2.58. The topological polar surface area (TPSA) is 24.1 Å². The summed E-state index contributed by atoms with van der Waals surface area (Å²) in [6.45, 7) is 17.7. The van der Waals surface area contributed by atoms with Crippen molar-refractivity contribution in [2.75, 3.05) is 0 Å². The minimum Gasteiger partial charge on any atom is -0.343 e. The zero-order valence-electron chi connectivity index (χ0n) is 10.9. The molecular formula is C16H20N2. The van der Waals surface area contributed by atoms with Crippen LogP contribution in [0.15, 0.2) is 73.7 Å². The molecule has 1 rings (SSSR count). The fourth-order valence-corrected chi connectivity index (χ4v) is 1.41. The van der Waals surface area contributed by atoms with E-state index in [0.29, 0.717) is 5.82 Å². The summed E-state index contributed by atoms with van der Waals surface area (Å²) in [7, 11) is 0. The molecule has 2 heteroatoms. The van der Waals surface area contributed by atoms with Gasteiger partial charge in [0.1, 0.15) is 5.82 Å². The lowest BCUT2D eigenvalue weighted by Crippen LogP contribution is -2.23. The molecule has 18 heavy (non-hydrogen) atoms. The fraction of sp³-hybridized carbons (Fsp3) is 0.125. The van der Waals surface area contributed by atoms with E-state index >= 15 is 0 Å². The van der Waals surface area contributed by atoms with Gasteiger partial charge >= 0.3 is 0 Å². The van der Waals surface area contributed by atoms with E-state index in [1.165, 1.54) is 0 Å². The van der Waals surface area contributed by atoms with Crippen molar-refractivity contribution >= 4 is 5.70 Å². The van der Waals surface area contributed by atoms with Crippen LogP contribution in [0, 0.1) is 0 Å². The summed E-state index contributed by atoms with van der Waals surface area (Å²) < 4.78 is 0. The SMILES string of the molecule is C=C(NC(=C)C(=C)CC)NC(=C)c1ccccc1. The molecule has 0 aliphatic rings. The molecule has 0 radical (unpaired) electrons. The standard InChI is InChI=1S/C16H20N2/c1-6-12(2)13(3)17-15(5)18-14(4)16-10-8-7-9-11-16/h7-11,17-18H,2-6H2,1H3. The van der Waals surface area contributed by atoms with Crippen molar-refractivity contribution in [1.29, 1.82) is 0 Å². The molecule has 0 aliphatic carbocycles. The Balaban J connectivity index is 2.54. The second-order valence-corrected chi connectivity index (χ2v) is 4.01. The molecule has 0 unspecified atom stereocenters. The average molecular weight is 240 g/mol. The number of rotatable bonds is 7. The molecule has 94 valence electrons. The molecular weight excluding hydrogens is 220 g/mol. The van der Waals surface area contributed by atoms with Crippen LogP contribution < -0.4 is 10.6 Å². The molecule has 1 aromatic carbocycles. The van der Waals surface area contributed by atoms with E-state index in [9.17, 15) is 0 Å². The van der Waals surface area contributed by atoms with Crippen molar-refractivity contribution in [3.8, 4) is 0 Å². The number of hydrogen-bond acceptors (Lipinski definition) is 2. The van der Waals surface area contributed by atoms with Crippen molar-refractivity contribution in [2.24, 2.45) is 0 Å². The van der Waals surface area contributed by atoms with Gasteiger partial charge in [-0.15, -0.1) is 0 Å². The van der Waals surface area contributed by atoms with Gasteiger partial charge in [-0.25, -0.2) is 0 Å². The zero-order chi connectivity index (χ0) is 13.5. The second-order valence-electron chi connectivity index (χ2n) is 4.01. The molecule has 1 aromatic rings. The minimum absolute atomic E-state index is 0.642. The molecule has 2 N–H and O–H groups in total. The van der Waals surface area contributed by atoms with Gasteiger partial charge < -0.3 is 10.6 Å². The molecule has 0 bridgehead atoms. The maximum Gasteiger partial charge on any atom is 0.100 e. The first-order chi connectivity index (χ1) is 8.54. The van der Waals surface area contributed by atoms with Crippen molar-refractivity contribution in [2.45, 2.75) is 13.3 Å². The van der Waals surface area contributed by atoms with Crippen molar-refractivity contribution in [3.05, 3.63) is 79.3 Å². The lowest BCUT2D eigenvalue weighted by Gasteiger charge is -2.16. The highest BCUT2D eigenvalue weighted by Crippen LogP contribution is 2.11. The molecule has 0 aromatic heterocycles. The van der Waals surface area contributed by atoms with Crippen LogP contribution in [-0.4, -0.2) is 0 Å². The van der Waals surface area contributed by atoms with Crippen LogP contribution in [-0.2, 0) is 0 Å². The Morgan fingerprint density at radius 2 is 1.61 bits per heavy atom. The molecule has 0 saturated carbocycles. The largest absolute Gasteiger partial charge is 0.343 e. The second kappa shape index (κ2) is 6.50. The van der Waals surface area contributed by atoms with E-state index in [-0.39, 0.29) is 0 Å². The Kier molecular flexibility index (Phi) is 5.00. The van der Waals surface area contributed by atoms with Crippen molar-refractivity contribution in [3.63, 3.8) is 0 Å². The Morgan fingerprint density at radius 1 is 1.00 bits per heavy atom. The summed E-state index contributed by atoms with van der Waals surface area (Å²) >= 11 is 0. The maximum absolute atomic E-state index is 3.97. The molecule has 0 heterocycles. The van der Waals surface area contributed by atoms with Crippen LogP contribution in [0.3, 0.4) is 0 Å². The number of hydrogen-bond donors (Lipinski definition) is 2. The smallest absolute Gasteiger partial charge is 0.100 e. The Labute approximate surface area is 109 Å². The number of allylic oxidation sites excluding steroid dienone is 1. The highest BCUT2D eigenvalue weighted by atomic mass is 15.1. The number of benzene rings is 1. The highest BCUT2D eigenvalue weighted by molar-refractivity contribution is 5.62. The van der Waals surface area contributed by atoms with Gasteiger partial charge in [-0.1, -0.05) is 63.6 Å². The van der Waals surface area contributed by atoms with E-state index in [1.807, 2.05) is 37.3 Å². The van der Waals surface area contributed by atoms with E-state index in [2.05, 4.69) is 36.9 Å². The number of nitrogens with one attached hydrogen (secondary N) is 2. The third-order valence-corrected chi connectivity index (χ3v) is 2.58. The van der Waals surface area contributed by atoms with E-state index < -0.39 is 0 Å². The molecule has 0 spiro atoms. The first-order valence-electron chi connectivity index (χ1n) is 5.89. The van der Waals surface area contributed by atoms with Gasteiger partial charge in [-0.3, -0.25) is 0 Å². The van der Waals surface area contributed by atoms with E-state index in [4.69, 9.17) is 0 Å². The average Bonchev–Trinajstić information content (AvgIpc) is 2.38. The lowest BCUT2D eigenvalue weighted by molar-refractivity contribution is 0.878. The van der Waals surface area contributed by atoms with Gasteiger partial charge in [0.15, 0.2) is 0 Å². The first kappa shape index (κ1) is 13.8. The summed E-state index contributed by atoms with van der Waals surface area (Å²) in [6, 6.07) is 9.88. The van der Waals surface area contributed by atoms with Gasteiger partial charge in [-0.2, -0.15) is 0 Å². The summed E-state index contributed by atoms with van der Waals surface area (Å²) in [5, 5.41) is 6.17. The van der Waals surface area contributed by atoms with Crippen LogP contribution in [0.1, 0.15) is 18.9 Å². The third kappa shape index (κ3) is 3.98. The summed E-state index contributed by atoms with van der Waals surface area (Å²) in [5.41, 5.74) is 3.56. The molecule has 0 aliphatic heterocycles. The van der Waals surface area contributed by atoms with Gasteiger partial charge in [-0.05, 0) is 17.6 Å². The molecule has 0 amide bonds. The molecule has 0 fully saturated rings. The van der Waals surface area contributed by atoms with Crippen LogP contribution >= 0.6 is 0 Å². The Morgan fingerprint density at radius 3 is 2.17 bits per heavy atom. The first-order valence-corrected chi connectivity index (χ1v) is 5.89. The van der Waals surface area contributed by atoms with Crippen LogP contribution in [0.4, 0.5) is 0 Å². The molecule has 0 saturated heterocycles. The van der Waals surface area contributed by atoms with Crippen molar-refractivity contribution < 1.29 is 0 Å². The van der Waals surface area contributed by atoms with Crippen LogP contribution in [0.25, 0.3) is 5.70 Å². The van der Waals surface area contributed by atoms with Crippen LogP contribution in [0.5, 0.6) is 0 Å². The Hall–Kier alpha value is -2.22. The van der Waals surface area contributed by atoms with Crippen LogP contribution in [0.2, 0.25) is 0 Å². The predicted octanol–water partition coefficient (Wildman–Crippen LogP) is 3.79. The monoisotopic (exact) mass is 240 g/mol. The van der Waals surface area contributed by atoms with Gasteiger partial charge in [0.05, 0.1) is 0 Å². The molecule has 0 atom stereocenters.